The molecule has 50 heavy (non-hydrogen) atoms. The van der Waals surface area contributed by atoms with Crippen LogP contribution in [0.4, 0.5) is 10.5 Å². The molecule has 0 saturated carbocycles. The number of hydrogen-bond donors (Lipinski definition) is 2. The minimum Gasteiger partial charge on any atom is -0.461 e. The van der Waals surface area contributed by atoms with Crippen LogP contribution in [0.2, 0.25) is 0 Å². The van der Waals surface area contributed by atoms with Crippen LogP contribution < -0.4 is 11.1 Å². The molecular weight excluding hydrogens is 642 g/mol. The van der Waals surface area contributed by atoms with Gasteiger partial charge in [-0.15, -0.1) is 5.10 Å². The molecule has 276 valence electrons. The molecule has 3 aliphatic rings. The quantitative estimate of drug-likeness (QED) is 0.162. The zero-order chi connectivity index (χ0) is 35.7. The van der Waals surface area contributed by atoms with Gasteiger partial charge in [-0.1, -0.05) is 24.3 Å². The highest BCUT2D eigenvalue weighted by molar-refractivity contribution is 5.98. The zero-order valence-corrected chi connectivity index (χ0v) is 30.1. The number of carbonyl (C=O) groups excluding carboxylic acids is 3. The number of nitrogen functional groups attached to an aromatic ring is 1. The van der Waals surface area contributed by atoms with Crippen LogP contribution in [0.1, 0.15) is 59.3 Å². The summed E-state index contributed by atoms with van der Waals surface area (Å²) in [6.45, 7) is 11.1. The number of aryl methyl sites for hydroxylation is 1. The molecule has 0 spiro atoms. The number of methoxy groups -OCH3 is 1. The first-order valence-corrected chi connectivity index (χ1v) is 18.1. The third-order valence-corrected chi connectivity index (χ3v) is 10.3. The van der Waals surface area contributed by atoms with Crippen LogP contribution in [0.15, 0.2) is 30.5 Å². The number of aromatic nitrogens is 3. The fourth-order valence-corrected chi connectivity index (χ4v) is 7.27. The topological polar surface area (TPSA) is 163 Å². The number of benzene rings is 1. The number of amides is 1. The molecule has 2 aromatic rings. The summed E-state index contributed by atoms with van der Waals surface area (Å²) in [6.07, 6.45) is 5.09. The molecule has 0 radical (unpaired) electrons. The first-order valence-electron chi connectivity index (χ1n) is 18.1. The predicted octanol–water partition coefficient (Wildman–Crippen LogP) is 3.15. The Morgan fingerprint density at radius 2 is 1.88 bits per heavy atom. The minimum atomic E-state index is -1.13. The van der Waals surface area contributed by atoms with Gasteiger partial charge in [-0.25, -0.2) is 4.79 Å². The molecule has 0 unspecified atom stereocenters. The van der Waals surface area contributed by atoms with Crippen molar-refractivity contribution in [2.75, 3.05) is 65.4 Å². The second kappa shape index (κ2) is 17.6. The highest BCUT2D eigenvalue weighted by Crippen LogP contribution is 2.35. The van der Waals surface area contributed by atoms with Crippen LogP contribution in [0.3, 0.4) is 0 Å². The molecule has 3 N–H and O–H groups in total. The van der Waals surface area contributed by atoms with Crippen LogP contribution in [0, 0.1) is 11.8 Å². The number of nitrogens with zero attached hydrogens (tertiary/aromatic N) is 5. The Kier molecular flexibility index (Phi) is 13.2. The lowest BCUT2D eigenvalue weighted by Gasteiger charge is -2.39. The maximum absolute atomic E-state index is 13.7. The largest absolute Gasteiger partial charge is 0.461 e. The van der Waals surface area contributed by atoms with Crippen LogP contribution in [-0.4, -0.2) is 126 Å². The third-order valence-electron chi connectivity index (χ3n) is 10.3. The highest BCUT2D eigenvalue weighted by Gasteiger charge is 2.55. The van der Waals surface area contributed by atoms with Gasteiger partial charge in [-0.2, -0.15) is 0 Å². The average molecular weight is 698 g/mol. The maximum Gasteiger partial charge on any atom is 0.410 e. The molecule has 1 aromatic carbocycles. The normalized spacial score (nSPS) is 29.2. The van der Waals surface area contributed by atoms with Gasteiger partial charge in [0.15, 0.2) is 5.60 Å². The Morgan fingerprint density at radius 1 is 1.10 bits per heavy atom. The van der Waals surface area contributed by atoms with Crippen molar-refractivity contribution in [3.8, 4) is 11.3 Å². The maximum atomic E-state index is 13.7. The van der Waals surface area contributed by atoms with E-state index in [1.807, 2.05) is 37.4 Å². The lowest BCUT2D eigenvalue weighted by atomic mass is 9.87. The Labute approximate surface area is 295 Å². The van der Waals surface area contributed by atoms with E-state index in [1.165, 1.54) is 0 Å². The summed E-state index contributed by atoms with van der Waals surface area (Å²) in [6, 6.07) is 6.96. The van der Waals surface area contributed by atoms with Crippen molar-refractivity contribution in [3.63, 3.8) is 0 Å². The number of fused-ring (bicyclic) bond motifs is 1. The summed E-state index contributed by atoms with van der Waals surface area (Å²) in [5.41, 5.74) is 7.14. The molecular formula is C36H55N7O7. The molecule has 0 aliphatic carbocycles. The number of unbranched alkanes of at least 4 members (excludes halogenated alkanes) is 1. The SMILES string of the molecule is CO[C@H]1CCC(=O)[C@@H](C)C(=O)OC[C@@]2(C)OC(=O)N(CCCCn3cc(-c4cccc(N)c4)nn3)[C@@H]2[C@@H](CCN2CCOCC2)NC[C@H](C)C1. The fourth-order valence-electron chi connectivity index (χ4n) is 7.27. The molecule has 1 aromatic heterocycles. The van der Waals surface area contributed by atoms with Gasteiger partial charge in [0.25, 0.3) is 0 Å². The number of esters is 1. The molecule has 6 atom stereocenters. The van der Waals surface area contributed by atoms with E-state index >= 15 is 0 Å². The summed E-state index contributed by atoms with van der Waals surface area (Å²) in [5.74, 6) is -1.47. The molecule has 14 heteroatoms. The number of rotatable bonds is 10. The number of ketones is 1. The van der Waals surface area contributed by atoms with Crippen molar-refractivity contribution < 1.29 is 33.3 Å². The van der Waals surface area contributed by atoms with Crippen molar-refractivity contribution in [2.45, 2.75) is 89.6 Å². The van der Waals surface area contributed by atoms with E-state index in [9.17, 15) is 14.4 Å². The molecule has 0 bridgehead atoms. The van der Waals surface area contributed by atoms with Gasteiger partial charge < -0.3 is 30.0 Å². The van der Waals surface area contributed by atoms with Gasteiger partial charge in [0.1, 0.15) is 24.0 Å². The van der Waals surface area contributed by atoms with Crippen LogP contribution in [0.25, 0.3) is 11.3 Å². The van der Waals surface area contributed by atoms with E-state index in [2.05, 4.69) is 27.5 Å². The minimum absolute atomic E-state index is 0.110. The van der Waals surface area contributed by atoms with Gasteiger partial charge in [0, 0.05) is 57.0 Å². The second-order valence-electron chi connectivity index (χ2n) is 14.3. The molecule has 14 nitrogen and oxygen atoms in total. The molecule has 5 rings (SSSR count). The van der Waals surface area contributed by atoms with Gasteiger partial charge in [-0.05, 0) is 77.1 Å². The third kappa shape index (κ3) is 9.80. The standard InChI is InChI=1S/C36H55N7O7/c1-25-20-29(47-4)10-11-32(44)26(2)34(45)49-24-36(3)33(30(38-22-25)12-15-41-16-18-48-19-17-41)43(35(46)50-36)14-6-5-13-42-23-31(39-40-42)27-8-7-9-28(37)21-27/h7-9,21,23,25-26,29-30,33,38H,5-6,10-20,22,24,37H2,1-4H3/t25-,26-,29+,30-,33-,36-/m1/s1. The lowest BCUT2D eigenvalue weighted by Crippen LogP contribution is -2.59. The van der Waals surface area contributed by atoms with Crippen molar-refractivity contribution in [3.05, 3.63) is 30.5 Å². The highest BCUT2D eigenvalue weighted by atomic mass is 16.6. The van der Waals surface area contributed by atoms with Crippen molar-refractivity contribution in [1.82, 2.24) is 30.1 Å². The fraction of sp³-hybridized carbons (Fsp3) is 0.694. The van der Waals surface area contributed by atoms with Gasteiger partial charge >= 0.3 is 12.1 Å². The van der Waals surface area contributed by atoms with Crippen molar-refractivity contribution >= 4 is 23.5 Å². The number of anilines is 1. The van der Waals surface area contributed by atoms with E-state index in [0.717, 1.165) is 50.2 Å². The number of Topliss-reactive ketones (excluding diaryl/α,β-unsaturated/α-hetero) is 1. The van der Waals surface area contributed by atoms with E-state index in [4.69, 9.17) is 24.7 Å². The molecule has 3 saturated heterocycles. The second-order valence-corrected chi connectivity index (χ2v) is 14.3. The molecule has 3 fully saturated rings. The first kappa shape index (κ1) is 37.7. The molecule has 3 aliphatic heterocycles. The zero-order valence-electron chi connectivity index (χ0n) is 30.1. The van der Waals surface area contributed by atoms with Gasteiger partial charge in [0.05, 0.1) is 31.6 Å². The average Bonchev–Trinajstić information content (AvgIpc) is 3.68. The summed E-state index contributed by atoms with van der Waals surface area (Å²) < 4.78 is 25.0. The number of cyclic esters (lactones) is 1. The van der Waals surface area contributed by atoms with Crippen LogP contribution in [0.5, 0.6) is 0 Å². The predicted molar refractivity (Wildman–Crippen MR) is 187 cm³/mol. The van der Waals surface area contributed by atoms with E-state index < -0.39 is 29.6 Å². The molecule has 4 heterocycles. The summed E-state index contributed by atoms with van der Waals surface area (Å²) in [7, 11) is 1.67. The smallest absolute Gasteiger partial charge is 0.410 e. The van der Waals surface area contributed by atoms with E-state index in [0.29, 0.717) is 51.4 Å². The number of morpholine rings is 1. The van der Waals surface area contributed by atoms with Crippen LogP contribution >= 0.6 is 0 Å². The Hall–Kier alpha value is -3.59. The number of nitrogens with two attached hydrogens (primary N) is 1. The summed E-state index contributed by atoms with van der Waals surface area (Å²) >= 11 is 0. The van der Waals surface area contributed by atoms with Crippen molar-refractivity contribution in [1.29, 1.82) is 0 Å². The number of ether oxygens (including phenoxy) is 4. The summed E-state index contributed by atoms with van der Waals surface area (Å²) in [5, 5.41) is 12.4. The van der Waals surface area contributed by atoms with Gasteiger partial charge in [-0.3, -0.25) is 24.1 Å². The number of carbonyl (C=O) groups is 3. The Morgan fingerprint density at radius 3 is 2.64 bits per heavy atom. The van der Waals surface area contributed by atoms with E-state index in [1.54, 1.807) is 23.6 Å². The van der Waals surface area contributed by atoms with Crippen LogP contribution in [-0.2, 0) is 35.1 Å². The lowest BCUT2D eigenvalue weighted by molar-refractivity contribution is -0.157. The van der Waals surface area contributed by atoms with E-state index in [-0.39, 0.29) is 36.9 Å². The summed E-state index contributed by atoms with van der Waals surface area (Å²) in [4.78, 5) is 44.0. The Balaban J connectivity index is 1.33. The Bertz CT molecular complexity index is 1430. The van der Waals surface area contributed by atoms with Crippen molar-refractivity contribution in [2.24, 2.45) is 11.8 Å². The number of hydrogen-bond acceptors (Lipinski definition) is 12. The monoisotopic (exact) mass is 697 g/mol. The number of nitrogens with one attached hydrogen (secondary N) is 1. The van der Waals surface area contributed by atoms with Gasteiger partial charge in [0.2, 0.25) is 0 Å². The first-order chi connectivity index (χ1) is 24.1. The molecule has 1 amide bonds.